The average molecular weight is 255 g/mol. The molecular weight excluding hydrogens is 234 g/mol. The van der Waals surface area contributed by atoms with Gasteiger partial charge in [-0.15, -0.1) is 0 Å². The van der Waals surface area contributed by atoms with E-state index >= 15 is 0 Å². The highest BCUT2D eigenvalue weighted by Gasteiger charge is 2.21. The quantitative estimate of drug-likeness (QED) is 0.855. The Bertz CT molecular complexity index is 367. The lowest BCUT2D eigenvalue weighted by Crippen LogP contribution is -2.30. The number of nitrogens with two attached hydrogens (primary N) is 1. The van der Waals surface area contributed by atoms with Crippen LogP contribution in [0.1, 0.15) is 44.8 Å². The first-order valence-electron chi connectivity index (χ1n) is 6.37. The molecule has 2 heterocycles. The van der Waals surface area contributed by atoms with Crippen LogP contribution in [0.15, 0.2) is 4.52 Å². The van der Waals surface area contributed by atoms with Crippen LogP contribution in [-0.4, -0.2) is 29.5 Å². The van der Waals surface area contributed by atoms with Crippen molar-refractivity contribution in [2.75, 3.05) is 13.2 Å². The van der Waals surface area contributed by atoms with E-state index in [0.717, 1.165) is 19.4 Å². The molecule has 18 heavy (non-hydrogen) atoms. The largest absolute Gasteiger partial charge is 0.376 e. The highest BCUT2D eigenvalue weighted by molar-refractivity contribution is 4.98. The summed E-state index contributed by atoms with van der Waals surface area (Å²) >= 11 is 0. The van der Waals surface area contributed by atoms with Gasteiger partial charge < -0.3 is 19.7 Å². The van der Waals surface area contributed by atoms with Crippen LogP contribution in [0.2, 0.25) is 0 Å². The first kappa shape index (κ1) is 13.5. The Morgan fingerprint density at radius 1 is 1.44 bits per heavy atom. The fourth-order valence-corrected chi connectivity index (χ4v) is 1.79. The van der Waals surface area contributed by atoms with Gasteiger partial charge in [0.2, 0.25) is 0 Å². The van der Waals surface area contributed by atoms with Crippen LogP contribution in [0.5, 0.6) is 0 Å². The molecule has 6 nitrogen and oxygen atoms in total. The third-order valence-corrected chi connectivity index (χ3v) is 2.85. The average Bonchev–Trinajstić information content (AvgIpc) is 2.79. The topological polar surface area (TPSA) is 83.4 Å². The Morgan fingerprint density at radius 2 is 2.28 bits per heavy atom. The first-order chi connectivity index (χ1) is 8.55. The maximum Gasteiger partial charge on any atom is 0.252 e. The van der Waals surface area contributed by atoms with Crippen molar-refractivity contribution in [2.45, 2.75) is 51.4 Å². The summed E-state index contributed by atoms with van der Waals surface area (Å²) in [6.45, 7) is 5.38. The van der Waals surface area contributed by atoms with Crippen molar-refractivity contribution < 1.29 is 14.0 Å². The summed E-state index contributed by atoms with van der Waals surface area (Å²) in [6, 6.07) is 0. The Labute approximate surface area is 107 Å². The first-order valence-corrected chi connectivity index (χ1v) is 6.37. The summed E-state index contributed by atoms with van der Waals surface area (Å²) in [6.07, 6.45) is 3.62. The maximum absolute atomic E-state index is 5.87. The molecule has 1 unspecified atom stereocenters. The summed E-state index contributed by atoms with van der Waals surface area (Å²) in [4.78, 5) is 4.20. The highest BCUT2D eigenvalue weighted by Crippen LogP contribution is 2.15. The van der Waals surface area contributed by atoms with Crippen molar-refractivity contribution in [1.29, 1.82) is 0 Å². The Morgan fingerprint density at radius 3 is 2.89 bits per heavy atom. The molecule has 1 fully saturated rings. The number of hydrogen-bond donors (Lipinski definition) is 1. The van der Waals surface area contributed by atoms with E-state index in [1.165, 1.54) is 6.42 Å². The molecule has 0 aromatic carbocycles. The summed E-state index contributed by atoms with van der Waals surface area (Å²) in [7, 11) is 0. The molecule has 2 rings (SSSR count). The fourth-order valence-electron chi connectivity index (χ4n) is 1.79. The van der Waals surface area contributed by atoms with Crippen LogP contribution in [0.3, 0.4) is 0 Å². The van der Waals surface area contributed by atoms with Gasteiger partial charge in [-0.2, -0.15) is 4.98 Å². The summed E-state index contributed by atoms with van der Waals surface area (Å²) in [5.74, 6) is 0.953. The zero-order valence-corrected chi connectivity index (χ0v) is 11.0. The zero-order valence-electron chi connectivity index (χ0n) is 11.0. The van der Waals surface area contributed by atoms with Gasteiger partial charge in [0.15, 0.2) is 5.82 Å². The summed E-state index contributed by atoms with van der Waals surface area (Å²) in [5, 5.41) is 3.83. The summed E-state index contributed by atoms with van der Waals surface area (Å²) in [5.41, 5.74) is 5.28. The second-order valence-corrected chi connectivity index (χ2v) is 5.24. The van der Waals surface area contributed by atoms with Gasteiger partial charge in [0.1, 0.15) is 6.61 Å². The molecule has 6 heteroatoms. The van der Waals surface area contributed by atoms with E-state index in [0.29, 0.717) is 24.9 Å². The minimum Gasteiger partial charge on any atom is -0.376 e. The smallest absolute Gasteiger partial charge is 0.252 e. The zero-order chi connectivity index (χ0) is 13.0. The molecule has 2 N–H and O–H groups in total. The van der Waals surface area contributed by atoms with E-state index in [1.54, 1.807) is 0 Å². The van der Waals surface area contributed by atoms with Crippen LogP contribution in [-0.2, 0) is 21.6 Å². The number of ether oxygens (including phenoxy) is 2. The molecule has 1 saturated heterocycles. The molecule has 0 amide bonds. The Balaban J connectivity index is 1.74. The third-order valence-electron chi connectivity index (χ3n) is 2.85. The van der Waals surface area contributed by atoms with Crippen molar-refractivity contribution in [2.24, 2.45) is 5.73 Å². The molecule has 0 saturated carbocycles. The minimum atomic E-state index is -0.589. The lowest BCUT2D eigenvalue weighted by molar-refractivity contribution is -0.0484. The van der Waals surface area contributed by atoms with Crippen LogP contribution in [0.4, 0.5) is 0 Å². The number of nitrogens with zero attached hydrogens (tertiary/aromatic N) is 2. The van der Waals surface area contributed by atoms with Gasteiger partial charge in [-0.3, -0.25) is 0 Å². The molecule has 0 radical (unpaired) electrons. The molecule has 0 bridgehead atoms. The van der Waals surface area contributed by atoms with Crippen LogP contribution in [0, 0.1) is 0 Å². The normalized spacial score (nSPS) is 21.2. The van der Waals surface area contributed by atoms with Crippen molar-refractivity contribution in [1.82, 2.24) is 10.1 Å². The van der Waals surface area contributed by atoms with E-state index in [4.69, 9.17) is 19.7 Å². The number of rotatable bonds is 5. The SMILES string of the molecule is CC(C)(N)c1noc(COCC2CCCCO2)n1. The highest BCUT2D eigenvalue weighted by atomic mass is 16.5. The second-order valence-electron chi connectivity index (χ2n) is 5.24. The van der Waals surface area contributed by atoms with Crippen molar-refractivity contribution in [3.63, 3.8) is 0 Å². The molecule has 0 spiro atoms. The molecule has 1 aromatic heterocycles. The van der Waals surface area contributed by atoms with Crippen molar-refractivity contribution >= 4 is 0 Å². The minimum absolute atomic E-state index is 0.201. The fraction of sp³-hybridized carbons (Fsp3) is 0.833. The summed E-state index contributed by atoms with van der Waals surface area (Å²) < 4.78 is 16.2. The lowest BCUT2D eigenvalue weighted by atomic mass is 10.1. The van der Waals surface area contributed by atoms with E-state index in [2.05, 4.69) is 10.1 Å². The number of hydrogen-bond acceptors (Lipinski definition) is 6. The van der Waals surface area contributed by atoms with Crippen molar-refractivity contribution in [3.8, 4) is 0 Å². The maximum atomic E-state index is 5.87. The predicted octanol–water partition coefficient (Wildman–Crippen LogP) is 1.35. The molecule has 102 valence electrons. The van der Waals surface area contributed by atoms with Gasteiger partial charge >= 0.3 is 0 Å². The van der Waals surface area contributed by atoms with Crippen LogP contribution in [0.25, 0.3) is 0 Å². The van der Waals surface area contributed by atoms with Gasteiger partial charge in [-0.25, -0.2) is 0 Å². The van der Waals surface area contributed by atoms with Gasteiger partial charge in [0, 0.05) is 6.61 Å². The Kier molecular flexibility index (Phi) is 4.31. The van der Waals surface area contributed by atoms with Crippen LogP contribution >= 0.6 is 0 Å². The van der Waals surface area contributed by atoms with E-state index in [9.17, 15) is 0 Å². The molecule has 1 atom stereocenters. The molecule has 0 aliphatic carbocycles. The van der Waals surface area contributed by atoms with Gasteiger partial charge in [-0.05, 0) is 33.1 Å². The molecular formula is C12H21N3O3. The molecule has 1 aliphatic heterocycles. The van der Waals surface area contributed by atoms with E-state index in [-0.39, 0.29) is 6.10 Å². The lowest BCUT2D eigenvalue weighted by Gasteiger charge is -2.21. The van der Waals surface area contributed by atoms with Gasteiger partial charge in [-0.1, -0.05) is 5.16 Å². The van der Waals surface area contributed by atoms with Gasteiger partial charge in [0.05, 0.1) is 18.2 Å². The predicted molar refractivity (Wildman–Crippen MR) is 64.8 cm³/mol. The van der Waals surface area contributed by atoms with E-state index in [1.807, 2.05) is 13.8 Å². The van der Waals surface area contributed by atoms with E-state index < -0.39 is 5.54 Å². The monoisotopic (exact) mass is 255 g/mol. The second kappa shape index (κ2) is 5.77. The van der Waals surface area contributed by atoms with Crippen LogP contribution < -0.4 is 5.73 Å². The number of aromatic nitrogens is 2. The third kappa shape index (κ3) is 3.76. The molecule has 1 aliphatic rings. The van der Waals surface area contributed by atoms with Crippen molar-refractivity contribution in [3.05, 3.63) is 11.7 Å². The standard InChI is InChI=1S/C12H21N3O3/c1-12(2,13)11-14-10(18-15-11)8-16-7-9-5-3-4-6-17-9/h9H,3-8,13H2,1-2H3. The van der Waals surface area contributed by atoms with Gasteiger partial charge in [0.25, 0.3) is 5.89 Å². The Hall–Kier alpha value is -0.980. The molecule has 1 aromatic rings.